The van der Waals surface area contributed by atoms with Crippen LogP contribution in [0.15, 0.2) is 131 Å². The molecule has 3 heterocycles. The number of aromatic nitrogens is 3. The molecule has 0 N–H and O–H groups in total. The Kier molecular flexibility index (Phi) is 6.15. The average molecular weight is 622 g/mol. The summed E-state index contributed by atoms with van der Waals surface area (Å²) < 4.78 is 12.8. The zero-order valence-corrected chi connectivity index (χ0v) is 26.9. The summed E-state index contributed by atoms with van der Waals surface area (Å²) in [6, 6.07) is 37.4. The average Bonchev–Trinajstić information content (AvgIpc) is 3.73. The van der Waals surface area contributed by atoms with Gasteiger partial charge in [0.15, 0.2) is 17.5 Å². The first-order chi connectivity index (χ1) is 23.4. The van der Waals surface area contributed by atoms with Gasteiger partial charge in [0.05, 0.1) is 5.56 Å². The van der Waals surface area contributed by atoms with E-state index in [-0.39, 0.29) is 5.41 Å². The Morgan fingerprint density at radius 1 is 0.646 bits per heavy atom. The molecule has 9 rings (SSSR count). The number of nitrogens with zero attached hydrogens (tertiary/aromatic N) is 3. The van der Waals surface area contributed by atoms with Crippen molar-refractivity contribution in [3.05, 3.63) is 150 Å². The van der Waals surface area contributed by atoms with E-state index in [1.807, 2.05) is 72.8 Å². The van der Waals surface area contributed by atoms with Crippen molar-refractivity contribution in [2.75, 3.05) is 0 Å². The molecule has 0 bridgehead atoms. The number of fused-ring (bicyclic) bond motifs is 7. The van der Waals surface area contributed by atoms with Gasteiger partial charge < -0.3 is 8.83 Å². The lowest BCUT2D eigenvalue weighted by atomic mass is 9.82. The van der Waals surface area contributed by atoms with Crippen LogP contribution in [0.25, 0.3) is 78.5 Å². The fourth-order valence-corrected chi connectivity index (χ4v) is 7.13. The molecule has 5 aromatic carbocycles. The molecule has 0 radical (unpaired) electrons. The topological polar surface area (TPSA) is 65.0 Å². The van der Waals surface area contributed by atoms with Gasteiger partial charge in [-0.1, -0.05) is 105 Å². The van der Waals surface area contributed by atoms with Crippen LogP contribution in [0.3, 0.4) is 0 Å². The summed E-state index contributed by atoms with van der Waals surface area (Å²) in [6.07, 6.45) is 3.84. The molecule has 0 saturated carbocycles. The van der Waals surface area contributed by atoms with Gasteiger partial charge in [-0.25, -0.2) is 15.0 Å². The van der Waals surface area contributed by atoms with E-state index in [0.717, 1.165) is 55.4 Å². The Labute approximate surface area is 277 Å². The summed E-state index contributed by atoms with van der Waals surface area (Å²) in [5.74, 6) is 2.35. The molecule has 1 aliphatic carbocycles. The monoisotopic (exact) mass is 621 g/mol. The van der Waals surface area contributed by atoms with E-state index in [0.29, 0.717) is 23.0 Å². The Morgan fingerprint density at radius 2 is 1.38 bits per heavy atom. The Bertz CT molecular complexity index is 2620. The van der Waals surface area contributed by atoms with Gasteiger partial charge in [0.1, 0.15) is 22.5 Å². The maximum absolute atomic E-state index is 6.70. The van der Waals surface area contributed by atoms with Crippen molar-refractivity contribution in [1.82, 2.24) is 15.0 Å². The van der Waals surface area contributed by atoms with Crippen LogP contribution in [-0.2, 0) is 5.41 Å². The Balaban J connectivity index is 1.19. The Hall–Kier alpha value is -6.07. The van der Waals surface area contributed by atoms with Gasteiger partial charge >= 0.3 is 0 Å². The van der Waals surface area contributed by atoms with Crippen LogP contribution < -0.4 is 0 Å². The van der Waals surface area contributed by atoms with Crippen molar-refractivity contribution in [2.24, 2.45) is 0 Å². The first-order valence-corrected chi connectivity index (χ1v) is 16.1. The summed E-state index contributed by atoms with van der Waals surface area (Å²) in [4.78, 5) is 14.8. The number of para-hydroxylation sites is 2. The SMILES string of the molecule is C=C(/C=C\c1oc2ccccc2c1C)c1nc(-c2ccccc2)nc(-c2cccc3c2oc2cc4c(cc23)-c2ccccc2C4(C)C)n1. The third-order valence-corrected chi connectivity index (χ3v) is 9.71. The van der Waals surface area contributed by atoms with E-state index in [2.05, 4.69) is 75.9 Å². The molecule has 8 aromatic rings. The third-order valence-electron chi connectivity index (χ3n) is 9.71. The number of benzene rings is 5. The summed E-state index contributed by atoms with van der Waals surface area (Å²) in [5.41, 5.74) is 10.9. The van der Waals surface area contributed by atoms with E-state index in [9.17, 15) is 0 Å². The first-order valence-electron chi connectivity index (χ1n) is 16.1. The maximum Gasteiger partial charge on any atom is 0.167 e. The van der Waals surface area contributed by atoms with Crippen molar-refractivity contribution in [3.63, 3.8) is 0 Å². The molecule has 3 aromatic heterocycles. The molecular formula is C43H31N3O2. The minimum Gasteiger partial charge on any atom is -0.456 e. The number of aryl methyl sites for hydroxylation is 1. The van der Waals surface area contributed by atoms with Crippen molar-refractivity contribution >= 4 is 44.6 Å². The molecule has 230 valence electrons. The van der Waals surface area contributed by atoms with Gasteiger partial charge in [-0.15, -0.1) is 0 Å². The van der Waals surface area contributed by atoms with Crippen LogP contribution >= 0.6 is 0 Å². The molecule has 0 saturated heterocycles. The highest BCUT2D eigenvalue weighted by atomic mass is 16.3. The minimum absolute atomic E-state index is 0.121. The van der Waals surface area contributed by atoms with Gasteiger partial charge in [-0.3, -0.25) is 0 Å². The molecule has 0 unspecified atom stereocenters. The minimum atomic E-state index is -0.121. The lowest BCUT2D eigenvalue weighted by Gasteiger charge is -2.21. The van der Waals surface area contributed by atoms with Crippen molar-refractivity contribution in [2.45, 2.75) is 26.2 Å². The summed E-state index contributed by atoms with van der Waals surface area (Å²) in [5, 5.41) is 3.19. The van der Waals surface area contributed by atoms with Crippen molar-refractivity contribution < 1.29 is 8.83 Å². The Morgan fingerprint density at radius 3 is 2.23 bits per heavy atom. The number of hydrogen-bond acceptors (Lipinski definition) is 5. The second kappa shape index (κ2) is 10.5. The predicted molar refractivity (Wildman–Crippen MR) is 195 cm³/mol. The summed E-state index contributed by atoms with van der Waals surface area (Å²) in [6.45, 7) is 11.0. The quantitative estimate of drug-likeness (QED) is 0.179. The third kappa shape index (κ3) is 4.28. The van der Waals surface area contributed by atoms with E-state index in [1.54, 1.807) is 0 Å². The fraction of sp³-hybridized carbons (Fsp3) is 0.0930. The van der Waals surface area contributed by atoms with E-state index in [1.165, 1.54) is 22.3 Å². The normalized spacial score (nSPS) is 13.5. The highest BCUT2D eigenvalue weighted by Crippen LogP contribution is 2.51. The molecular weight excluding hydrogens is 590 g/mol. The van der Waals surface area contributed by atoms with Crippen LogP contribution in [0.4, 0.5) is 0 Å². The van der Waals surface area contributed by atoms with Gasteiger partial charge in [-0.2, -0.15) is 0 Å². The van der Waals surface area contributed by atoms with Crippen LogP contribution in [0.1, 0.15) is 42.1 Å². The van der Waals surface area contributed by atoms with Crippen LogP contribution in [0, 0.1) is 6.92 Å². The van der Waals surface area contributed by atoms with Gasteiger partial charge in [-0.05, 0) is 65.6 Å². The molecule has 0 fully saturated rings. The molecule has 5 nitrogen and oxygen atoms in total. The number of allylic oxidation sites excluding steroid dienone is 2. The number of hydrogen-bond donors (Lipinski definition) is 0. The zero-order valence-electron chi connectivity index (χ0n) is 26.9. The second-order valence-corrected chi connectivity index (χ2v) is 13.0. The van der Waals surface area contributed by atoms with E-state index < -0.39 is 0 Å². The van der Waals surface area contributed by atoms with Crippen molar-refractivity contribution in [3.8, 4) is 33.9 Å². The predicted octanol–water partition coefficient (Wildman–Crippen LogP) is 11.2. The molecule has 0 amide bonds. The highest BCUT2D eigenvalue weighted by Gasteiger charge is 2.36. The maximum atomic E-state index is 6.70. The van der Waals surface area contributed by atoms with Gasteiger partial charge in [0.25, 0.3) is 0 Å². The molecule has 5 heteroatoms. The van der Waals surface area contributed by atoms with Crippen molar-refractivity contribution in [1.29, 1.82) is 0 Å². The van der Waals surface area contributed by atoms with E-state index in [4.69, 9.17) is 23.8 Å². The molecule has 1 aliphatic rings. The lowest BCUT2D eigenvalue weighted by Crippen LogP contribution is -2.14. The zero-order chi connectivity index (χ0) is 32.6. The number of furan rings is 2. The van der Waals surface area contributed by atoms with Gasteiger partial charge in [0, 0.05) is 38.3 Å². The summed E-state index contributed by atoms with van der Waals surface area (Å²) in [7, 11) is 0. The van der Waals surface area contributed by atoms with Crippen LogP contribution in [0.5, 0.6) is 0 Å². The second-order valence-electron chi connectivity index (χ2n) is 13.0. The lowest BCUT2D eigenvalue weighted by molar-refractivity contribution is 0.601. The standard InChI is InChI=1S/C43H31N3O2/c1-25(21-22-36-26(2)28-15-9-11-20-37(28)47-36)40-44-41(27-13-6-5-7-14-27)46-42(45-40)31-18-12-17-30-33-23-32-29-16-8-10-19-34(29)43(3,4)35(32)24-38(33)48-39(30)31/h5-24H,1H2,2-4H3/b22-21-. The molecule has 0 atom stereocenters. The molecule has 48 heavy (non-hydrogen) atoms. The fourth-order valence-electron chi connectivity index (χ4n) is 7.13. The molecule has 0 spiro atoms. The summed E-state index contributed by atoms with van der Waals surface area (Å²) >= 11 is 0. The van der Waals surface area contributed by atoms with Gasteiger partial charge in [0.2, 0.25) is 0 Å². The van der Waals surface area contributed by atoms with Crippen LogP contribution in [-0.4, -0.2) is 15.0 Å². The highest BCUT2D eigenvalue weighted by molar-refractivity contribution is 6.11. The smallest absolute Gasteiger partial charge is 0.167 e. The molecule has 0 aliphatic heterocycles. The number of rotatable bonds is 5. The van der Waals surface area contributed by atoms with E-state index >= 15 is 0 Å². The largest absolute Gasteiger partial charge is 0.456 e. The first kappa shape index (κ1) is 28.2. The van der Waals surface area contributed by atoms with Crippen LogP contribution in [0.2, 0.25) is 0 Å².